The van der Waals surface area contributed by atoms with Gasteiger partial charge in [-0.05, 0) is 57.3 Å². The van der Waals surface area contributed by atoms with E-state index < -0.39 is 0 Å². The molecular weight excluding hydrogens is 501 g/mol. The summed E-state index contributed by atoms with van der Waals surface area (Å²) >= 11 is 6.29. The first kappa shape index (κ1) is 24.0. The van der Waals surface area contributed by atoms with Gasteiger partial charge < -0.3 is 15.1 Å². The highest BCUT2D eigenvalue weighted by Crippen LogP contribution is 2.22. The van der Waals surface area contributed by atoms with E-state index in [0.29, 0.717) is 18.4 Å². The van der Waals surface area contributed by atoms with Gasteiger partial charge in [0, 0.05) is 25.2 Å². The van der Waals surface area contributed by atoms with Crippen molar-refractivity contribution in [1.82, 2.24) is 20.5 Å². The Morgan fingerprint density at radius 2 is 1.97 bits per heavy atom. The van der Waals surface area contributed by atoms with Crippen LogP contribution >= 0.6 is 35.6 Å². The Kier molecular flexibility index (Phi) is 9.71. The van der Waals surface area contributed by atoms with Gasteiger partial charge in [0.1, 0.15) is 5.76 Å². The number of likely N-dealkylation sites (tertiary alicyclic amines) is 1. The fourth-order valence-electron chi connectivity index (χ4n) is 3.45. The van der Waals surface area contributed by atoms with Crippen LogP contribution in [0.4, 0.5) is 0 Å². The van der Waals surface area contributed by atoms with Crippen LogP contribution in [0.2, 0.25) is 5.02 Å². The predicted octanol–water partition coefficient (Wildman–Crippen LogP) is 4.14. The first-order valence-electron chi connectivity index (χ1n) is 9.88. The van der Waals surface area contributed by atoms with E-state index in [-0.39, 0.29) is 24.0 Å². The average Bonchev–Trinajstić information content (AvgIpc) is 3.02. The lowest BCUT2D eigenvalue weighted by molar-refractivity contribution is 0.178. The van der Waals surface area contributed by atoms with Crippen molar-refractivity contribution in [3.8, 4) is 0 Å². The molecule has 29 heavy (non-hydrogen) atoms. The van der Waals surface area contributed by atoms with Gasteiger partial charge in [0.05, 0.1) is 12.2 Å². The van der Waals surface area contributed by atoms with Gasteiger partial charge in [0.2, 0.25) is 5.89 Å². The van der Waals surface area contributed by atoms with Gasteiger partial charge in [-0.1, -0.05) is 29.8 Å². The largest absolute Gasteiger partial charge is 0.444 e. The highest BCUT2D eigenvalue weighted by Gasteiger charge is 2.20. The van der Waals surface area contributed by atoms with Crippen molar-refractivity contribution in [1.29, 1.82) is 0 Å². The van der Waals surface area contributed by atoms with Crippen LogP contribution in [0.3, 0.4) is 0 Å². The van der Waals surface area contributed by atoms with E-state index in [9.17, 15) is 0 Å². The fourth-order valence-corrected chi connectivity index (χ4v) is 3.65. The summed E-state index contributed by atoms with van der Waals surface area (Å²) in [5.41, 5.74) is 2.14. The maximum absolute atomic E-state index is 6.29. The number of halogens is 2. The molecule has 0 unspecified atom stereocenters. The van der Waals surface area contributed by atoms with Crippen LogP contribution in [0.5, 0.6) is 0 Å². The third-order valence-corrected chi connectivity index (χ3v) is 5.69. The quantitative estimate of drug-likeness (QED) is 0.333. The molecule has 0 aliphatic carbocycles. The molecule has 3 rings (SSSR count). The number of benzene rings is 1. The molecule has 2 N–H and O–H groups in total. The second-order valence-electron chi connectivity index (χ2n) is 7.37. The van der Waals surface area contributed by atoms with Crippen molar-refractivity contribution in [2.45, 2.75) is 39.8 Å². The van der Waals surface area contributed by atoms with Gasteiger partial charge in [-0.3, -0.25) is 9.89 Å². The number of rotatable bonds is 6. The summed E-state index contributed by atoms with van der Waals surface area (Å²) < 4.78 is 5.60. The molecule has 1 aliphatic heterocycles. The van der Waals surface area contributed by atoms with Crippen LogP contribution in [-0.2, 0) is 13.1 Å². The molecule has 0 amide bonds. The predicted molar refractivity (Wildman–Crippen MR) is 129 cm³/mol. The zero-order chi connectivity index (χ0) is 19.9. The minimum Gasteiger partial charge on any atom is -0.444 e. The fraction of sp³-hybridized carbons (Fsp3) is 0.524. The summed E-state index contributed by atoms with van der Waals surface area (Å²) in [6.45, 7) is 8.45. The molecule has 1 aromatic carbocycles. The van der Waals surface area contributed by atoms with Crippen LogP contribution in [-0.4, -0.2) is 42.5 Å². The molecule has 1 saturated heterocycles. The lowest BCUT2D eigenvalue weighted by Crippen LogP contribution is -2.42. The third-order valence-electron chi connectivity index (χ3n) is 5.32. The zero-order valence-corrected chi connectivity index (χ0v) is 20.5. The Morgan fingerprint density at radius 1 is 1.24 bits per heavy atom. The molecule has 1 fully saturated rings. The van der Waals surface area contributed by atoms with Crippen LogP contribution in [0.1, 0.15) is 35.7 Å². The van der Waals surface area contributed by atoms with E-state index in [2.05, 4.69) is 37.6 Å². The number of oxazole rings is 1. The monoisotopic (exact) mass is 531 g/mol. The van der Waals surface area contributed by atoms with Crippen molar-refractivity contribution in [2.75, 3.05) is 26.7 Å². The Balaban J connectivity index is 0.00000300. The highest BCUT2D eigenvalue weighted by atomic mass is 127. The first-order chi connectivity index (χ1) is 13.5. The second kappa shape index (κ2) is 11.8. The summed E-state index contributed by atoms with van der Waals surface area (Å²) in [6, 6.07) is 8.11. The van der Waals surface area contributed by atoms with Gasteiger partial charge >= 0.3 is 0 Å². The van der Waals surface area contributed by atoms with Crippen LogP contribution in [0.15, 0.2) is 33.7 Å². The number of aryl methyl sites for hydroxylation is 2. The zero-order valence-electron chi connectivity index (χ0n) is 17.4. The van der Waals surface area contributed by atoms with Crippen LogP contribution in [0, 0.1) is 19.8 Å². The minimum absolute atomic E-state index is 0. The Morgan fingerprint density at radius 3 is 2.59 bits per heavy atom. The number of hydrogen-bond donors (Lipinski definition) is 2. The topological polar surface area (TPSA) is 65.7 Å². The molecule has 0 radical (unpaired) electrons. The van der Waals surface area contributed by atoms with Crippen LogP contribution in [0.25, 0.3) is 0 Å². The number of aliphatic imine (C=N–C) groups is 1. The lowest BCUT2D eigenvalue weighted by Gasteiger charge is -2.32. The van der Waals surface area contributed by atoms with Gasteiger partial charge in [0.25, 0.3) is 0 Å². The molecule has 0 atom stereocenters. The Labute approximate surface area is 195 Å². The molecule has 0 saturated carbocycles. The van der Waals surface area contributed by atoms with Crippen molar-refractivity contribution in [3.05, 3.63) is 52.2 Å². The van der Waals surface area contributed by atoms with Gasteiger partial charge in [-0.15, -0.1) is 24.0 Å². The molecule has 0 spiro atoms. The van der Waals surface area contributed by atoms with E-state index in [0.717, 1.165) is 48.6 Å². The van der Waals surface area contributed by atoms with Crippen LogP contribution < -0.4 is 10.6 Å². The summed E-state index contributed by atoms with van der Waals surface area (Å²) in [4.78, 5) is 11.2. The maximum atomic E-state index is 6.29. The molecule has 1 aliphatic rings. The number of hydrogen-bond acceptors (Lipinski definition) is 4. The van der Waals surface area contributed by atoms with E-state index >= 15 is 0 Å². The Bertz CT molecular complexity index is 783. The van der Waals surface area contributed by atoms with Crippen molar-refractivity contribution >= 4 is 41.5 Å². The normalized spacial score (nSPS) is 15.8. The van der Waals surface area contributed by atoms with Crippen molar-refractivity contribution in [3.63, 3.8) is 0 Å². The number of nitrogens with zero attached hydrogens (tertiary/aromatic N) is 3. The summed E-state index contributed by atoms with van der Waals surface area (Å²) in [5, 5.41) is 7.56. The summed E-state index contributed by atoms with van der Waals surface area (Å²) in [7, 11) is 1.79. The summed E-state index contributed by atoms with van der Waals surface area (Å²) in [5.74, 6) is 2.98. The number of aromatic nitrogens is 1. The molecular formula is C21H31ClIN5O. The van der Waals surface area contributed by atoms with Crippen molar-refractivity contribution in [2.24, 2.45) is 10.9 Å². The molecule has 2 heterocycles. The Hall–Kier alpha value is -1.32. The second-order valence-corrected chi connectivity index (χ2v) is 7.77. The maximum Gasteiger partial charge on any atom is 0.214 e. The smallest absolute Gasteiger partial charge is 0.214 e. The molecule has 2 aromatic rings. The van der Waals surface area contributed by atoms with Gasteiger partial charge in [-0.2, -0.15) is 0 Å². The number of nitrogens with one attached hydrogen (secondary N) is 2. The van der Waals surface area contributed by atoms with Crippen molar-refractivity contribution < 1.29 is 4.42 Å². The lowest BCUT2D eigenvalue weighted by atomic mass is 9.96. The SMILES string of the molecule is CN=C(NCc1nc(C)c(C)o1)NCC1CCN(Cc2ccccc2Cl)CC1.I. The van der Waals surface area contributed by atoms with E-state index in [4.69, 9.17) is 16.0 Å². The highest BCUT2D eigenvalue weighted by molar-refractivity contribution is 14.0. The van der Waals surface area contributed by atoms with Gasteiger partial charge in [0.15, 0.2) is 5.96 Å². The summed E-state index contributed by atoms with van der Waals surface area (Å²) in [6.07, 6.45) is 2.35. The van der Waals surface area contributed by atoms with E-state index in [1.54, 1.807) is 7.05 Å². The van der Waals surface area contributed by atoms with Gasteiger partial charge in [-0.25, -0.2) is 4.98 Å². The molecule has 160 valence electrons. The molecule has 8 heteroatoms. The number of piperidine rings is 1. The van der Waals surface area contributed by atoms with E-state index in [1.807, 2.05) is 26.0 Å². The minimum atomic E-state index is 0. The molecule has 1 aromatic heterocycles. The average molecular weight is 532 g/mol. The first-order valence-corrected chi connectivity index (χ1v) is 10.3. The molecule has 0 bridgehead atoms. The van der Waals surface area contributed by atoms with E-state index in [1.165, 1.54) is 18.4 Å². The third kappa shape index (κ3) is 7.15. The standard InChI is InChI=1S/C21H30ClN5O.HI/c1-15-16(2)28-20(26-15)13-25-21(23-3)24-12-17-8-10-27(11-9-17)14-18-6-4-5-7-19(18)22;/h4-7,17H,8-14H2,1-3H3,(H2,23,24,25);1H. The number of guanidine groups is 1. The molecule has 6 nitrogen and oxygen atoms in total.